The van der Waals surface area contributed by atoms with Crippen LogP contribution in [-0.2, 0) is 23.0 Å². The lowest BCUT2D eigenvalue weighted by Gasteiger charge is -2.09. The number of halogens is 1. The summed E-state index contributed by atoms with van der Waals surface area (Å²) in [5.41, 5.74) is 1.02. The summed E-state index contributed by atoms with van der Waals surface area (Å²) in [7, 11) is -3.53. The molecule has 0 bridgehead atoms. The van der Waals surface area contributed by atoms with E-state index in [1.165, 1.54) is 12.1 Å². The second kappa shape index (κ2) is 9.03. The first-order chi connectivity index (χ1) is 13.0. The zero-order chi connectivity index (χ0) is 19.1. The van der Waals surface area contributed by atoms with Gasteiger partial charge in [-0.15, -0.1) is 0 Å². The largest absolute Gasteiger partial charge is 0.492 e. The first-order valence-corrected chi connectivity index (χ1v) is 10.3. The summed E-state index contributed by atoms with van der Waals surface area (Å²) in [5.74, 6) is 0.771. The Morgan fingerprint density at radius 1 is 1.07 bits per heavy atom. The van der Waals surface area contributed by atoms with E-state index in [1.54, 1.807) is 23.0 Å². The van der Waals surface area contributed by atoms with Crippen LogP contribution in [0.4, 0.5) is 0 Å². The predicted molar refractivity (Wildman–Crippen MR) is 105 cm³/mol. The first kappa shape index (κ1) is 19.4. The highest BCUT2D eigenvalue weighted by Crippen LogP contribution is 2.15. The number of nitrogens with zero attached hydrogens (tertiary/aromatic N) is 2. The third kappa shape index (κ3) is 5.82. The van der Waals surface area contributed by atoms with E-state index in [0.29, 0.717) is 31.1 Å². The van der Waals surface area contributed by atoms with Crippen LogP contribution in [0.3, 0.4) is 0 Å². The van der Waals surface area contributed by atoms with Crippen molar-refractivity contribution in [3.63, 3.8) is 0 Å². The van der Waals surface area contributed by atoms with Gasteiger partial charge in [-0.1, -0.05) is 23.7 Å². The molecular formula is C19H20ClN3O3S. The van der Waals surface area contributed by atoms with Gasteiger partial charge in [-0.05, 0) is 54.4 Å². The molecule has 0 saturated heterocycles. The van der Waals surface area contributed by atoms with E-state index in [0.717, 1.165) is 11.3 Å². The van der Waals surface area contributed by atoms with E-state index in [-0.39, 0.29) is 4.90 Å². The number of sulfonamides is 1. The summed E-state index contributed by atoms with van der Waals surface area (Å²) >= 11 is 5.79. The van der Waals surface area contributed by atoms with Gasteiger partial charge < -0.3 is 4.74 Å². The van der Waals surface area contributed by atoms with Crippen LogP contribution in [-0.4, -0.2) is 31.3 Å². The molecule has 1 aromatic heterocycles. The Kier molecular flexibility index (Phi) is 6.49. The number of ether oxygens (including phenoxy) is 1. The normalized spacial score (nSPS) is 11.4. The van der Waals surface area contributed by atoms with E-state index in [9.17, 15) is 8.42 Å². The smallest absolute Gasteiger partial charge is 0.240 e. The Bertz CT molecular complexity index is 941. The minimum Gasteiger partial charge on any atom is -0.492 e. The van der Waals surface area contributed by atoms with Crippen molar-refractivity contribution in [2.24, 2.45) is 0 Å². The lowest BCUT2D eigenvalue weighted by molar-refractivity contribution is 0.291. The maximum absolute atomic E-state index is 12.2. The maximum Gasteiger partial charge on any atom is 0.240 e. The van der Waals surface area contributed by atoms with Gasteiger partial charge in [-0.2, -0.15) is 5.10 Å². The molecule has 0 radical (unpaired) electrons. The fourth-order valence-corrected chi connectivity index (χ4v) is 3.63. The molecule has 3 rings (SSSR count). The molecule has 0 unspecified atom stereocenters. The summed E-state index contributed by atoms with van der Waals surface area (Å²) in [6.07, 6.45) is 4.20. The Morgan fingerprint density at radius 2 is 1.81 bits per heavy atom. The summed E-state index contributed by atoms with van der Waals surface area (Å²) in [6, 6.07) is 15.6. The van der Waals surface area contributed by atoms with Gasteiger partial charge >= 0.3 is 0 Å². The molecule has 0 aliphatic carbocycles. The molecule has 0 spiro atoms. The Hall–Kier alpha value is -2.35. The number of hydrogen-bond donors (Lipinski definition) is 1. The van der Waals surface area contributed by atoms with Crippen molar-refractivity contribution in [1.82, 2.24) is 14.5 Å². The van der Waals surface area contributed by atoms with Crippen molar-refractivity contribution in [2.75, 3.05) is 13.2 Å². The number of rotatable bonds is 9. The van der Waals surface area contributed by atoms with Crippen molar-refractivity contribution < 1.29 is 13.2 Å². The van der Waals surface area contributed by atoms with Crippen molar-refractivity contribution in [1.29, 1.82) is 0 Å². The second-order valence-electron chi connectivity index (χ2n) is 5.86. The number of nitrogens with one attached hydrogen (secondary N) is 1. The maximum atomic E-state index is 12.2. The van der Waals surface area contributed by atoms with Crippen LogP contribution < -0.4 is 9.46 Å². The summed E-state index contributed by atoms with van der Waals surface area (Å²) in [5, 5.41) is 4.62. The molecular weight excluding hydrogens is 386 g/mol. The minimum absolute atomic E-state index is 0.202. The summed E-state index contributed by atoms with van der Waals surface area (Å²) in [6.45, 7) is 1.52. The molecule has 0 aliphatic heterocycles. The lowest BCUT2D eigenvalue weighted by Crippen LogP contribution is -2.25. The average molecular weight is 406 g/mol. The molecule has 0 atom stereocenters. The number of benzene rings is 2. The quantitative estimate of drug-likeness (QED) is 0.593. The summed E-state index contributed by atoms with van der Waals surface area (Å²) in [4.78, 5) is 0.202. The average Bonchev–Trinajstić information content (AvgIpc) is 3.17. The second-order valence-corrected chi connectivity index (χ2v) is 8.07. The van der Waals surface area contributed by atoms with E-state index in [1.807, 2.05) is 36.5 Å². The third-order valence-electron chi connectivity index (χ3n) is 3.90. The number of hydrogen-bond acceptors (Lipinski definition) is 4. The standard InChI is InChI=1S/C19H20ClN3O3S/c20-17-4-8-19(9-5-17)27(24,25)22-12-10-16-2-6-18(7-3-16)26-15-14-23-13-1-11-21-23/h1-9,11,13,22H,10,12,14-15H2. The fraction of sp³-hybridized carbons (Fsp3) is 0.211. The van der Waals surface area contributed by atoms with Crippen molar-refractivity contribution >= 4 is 21.6 Å². The Labute approximate surface area is 163 Å². The number of aromatic nitrogens is 2. The zero-order valence-corrected chi connectivity index (χ0v) is 16.2. The molecule has 0 amide bonds. The molecule has 1 N–H and O–H groups in total. The molecule has 0 saturated carbocycles. The van der Waals surface area contributed by atoms with Crippen LogP contribution in [0.1, 0.15) is 5.56 Å². The van der Waals surface area contributed by atoms with E-state index in [2.05, 4.69) is 9.82 Å². The van der Waals surface area contributed by atoms with Crippen LogP contribution in [0.2, 0.25) is 5.02 Å². The predicted octanol–water partition coefficient (Wildman–Crippen LogP) is 3.14. The van der Waals surface area contributed by atoms with Gasteiger partial charge in [-0.3, -0.25) is 4.68 Å². The van der Waals surface area contributed by atoms with E-state index >= 15 is 0 Å². The van der Waals surface area contributed by atoms with Crippen LogP contribution in [0.15, 0.2) is 71.9 Å². The van der Waals surface area contributed by atoms with Crippen LogP contribution in [0.5, 0.6) is 5.75 Å². The van der Waals surface area contributed by atoms with Crippen molar-refractivity contribution in [2.45, 2.75) is 17.9 Å². The third-order valence-corrected chi connectivity index (χ3v) is 5.63. The first-order valence-electron chi connectivity index (χ1n) is 8.47. The van der Waals surface area contributed by atoms with Crippen LogP contribution in [0.25, 0.3) is 0 Å². The molecule has 142 valence electrons. The highest BCUT2D eigenvalue weighted by molar-refractivity contribution is 7.89. The highest BCUT2D eigenvalue weighted by Gasteiger charge is 2.12. The lowest BCUT2D eigenvalue weighted by atomic mass is 10.1. The van der Waals surface area contributed by atoms with Gasteiger partial charge in [0.1, 0.15) is 12.4 Å². The molecule has 27 heavy (non-hydrogen) atoms. The zero-order valence-electron chi connectivity index (χ0n) is 14.6. The molecule has 0 fully saturated rings. The monoisotopic (exact) mass is 405 g/mol. The SMILES string of the molecule is O=S(=O)(NCCc1ccc(OCCn2cccn2)cc1)c1ccc(Cl)cc1. The van der Waals surface area contributed by atoms with Crippen molar-refractivity contribution in [3.05, 3.63) is 77.6 Å². The Morgan fingerprint density at radius 3 is 2.48 bits per heavy atom. The van der Waals surface area contributed by atoms with Gasteiger partial charge in [-0.25, -0.2) is 13.1 Å². The minimum atomic E-state index is -3.53. The molecule has 6 nitrogen and oxygen atoms in total. The van der Waals surface area contributed by atoms with E-state index in [4.69, 9.17) is 16.3 Å². The van der Waals surface area contributed by atoms with E-state index < -0.39 is 10.0 Å². The van der Waals surface area contributed by atoms with Gasteiger partial charge in [0.05, 0.1) is 11.4 Å². The van der Waals surface area contributed by atoms with Gasteiger partial charge in [0, 0.05) is 24.0 Å². The molecule has 2 aromatic carbocycles. The van der Waals surface area contributed by atoms with Gasteiger partial charge in [0.15, 0.2) is 0 Å². The van der Waals surface area contributed by atoms with Gasteiger partial charge in [0.25, 0.3) is 0 Å². The topological polar surface area (TPSA) is 73.2 Å². The summed E-state index contributed by atoms with van der Waals surface area (Å²) < 4.78 is 34.5. The molecule has 8 heteroatoms. The Balaban J connectivity index is 1.45. The highest BCUT2D eigenvalue weighted by atomic mass is 35.5. The van der Waals surface area contributed by atoms with Crippen molar-refractivity contribution in [3.8, 4) is 5.75 Å². The van der Waals surface area contributed by atoms with Gasteiger partial charge in [0.2, 0.25) is 10.0 Å². The molecule has 0 aliphatic rings. The molecule has 3 aromatic rings. The van der Waals surface area contributed by atoms with Crippen LogP contribution >= 0.6 is 11.6 Å². The fourth-order valence-electron chi connectivity index (χ4n) is 2.47. The molecule has 1 heterocycles. The van der Waals surface area contributed by atoms with Crippen LogP contribution in [0, 0.1) is 0 Å².